The van der Waals surface area contributed by atoms with Crippen molar-refractivity contribution in [1.29, 1.82) is 0 Å². The standard InChI is InChI=1S/C14H19N3/c1-2-6-13(12-7-4-3-5-8-12)17-11-14-15-9-10-16-14/h3-5,7-10,13,17H,2,6,11H2,1H3,(H,15,16). The van der Waals surface area contributed by atoms with Gasteiger partial charge < -0.3 is 10.3 Å². The zero-order chi connectivity index (χ0) is 11.9. The summed E-state index contributed by atoms with van der Waals surface area (Å²) in [7, 11) is 0. The van der Waals surface area contributed by atoms with Crippen LogP contribution in [0.3, 0.4) is 0 Å². The van der Waals surface area contributed by atoms with Crippen LogP contribution in [0.5, 0.6) is 0 Å². The Balaban J connectivity index is 1.98. The van der Waals surface area contributed by atoms with E-state index in [0.717, 1.165) is 18.8 Å². The normalized spacial score (nSPS) is 12.5. The van der Waals surface area contributed by atoms with Gasteiger partial charge in [0.1, 0.15) is 5.82 Å². The molecule has 3 heteroatoms. The number of hydrogen-bond donors (Lipinski definition) is 2. The topological polar surface area (TPSA) is 40.7 Å². The van der Waals surface area contributed by atoms with E-state index in [1.54, 1.807) is 6.20 Å². The van der Waals surface area contributed by atoms with Crippen molar-refractivity contribution in [3.8, 4) is 0 Å². The largest absolute Gasteiger partial charge is 0.348 e. The van der Waals surface area contributed by atoms with Gasteiger partial charge in [-0.1, -0.05) is 43.7 Å². The highest BCUT2D eigenvalue weighted by atomic mass is 15.0. The second-order valence-corrected chi connectivity index (χ2v) is 4.17. The highest BCUT2D eigenvalue weighted by Gasteiger charge is 2.09. The summed E-state index contributed by atoms with van der Waals surface area (Å²) < 4.78 is 0. The van der Waals surface area contributed by atoms with Crippen LogP contribution in [0.1, 0.15) is 37.2 Å². The summed E-state index contributed by atoms with van der Waals surface area (Å²) in [6, 6.07) is 11.0. The first-order valence-corrected chi connectivity index (χ1v) is 6.16. The Morgan fingerprint density at radius 3 is 2.76 bits per heavy atom. The van der Waals surface area contributed by atoms with E-state index in [9.17, 15) is 0 Å². The first kappa shape index (κ1) is 11.9. The summed E-state index contributed by atoms with van der Waals surface area (Å²) in [6.45, 7) is 3.00. The average molecular weight is 229 g/mol. The fourth-order valence-corrected chi connectivity index (χ4v) is 1.98. The van der Waals surface area contributed by atoms with E-state index in [0.29, 0.717) is 6.04 Å². The first-order chi connectivity index (χ1) is 8.40. The molecule has 90 valence electrons. The maximum Gasteiger partial charge on any atom is 0.120 e. The van der Waals surface area contributed by atoms with Crippen molar-refractivity contribution in [1.82, 2.24) is 15.3 Å². The molecule has 1 unspecified atom stereocenters. The van der Waals surface area contributed by atoms with Crippen LogP contribution < -0.4 is 5.32 Å². The third-order valence-corrected chi connectivity index (χ3v) is 2.85. The number of H-pyrrole nitrogens is 1. The molecule has 17 heavy (non-hydrogen) atoms. The summed E-state index contributed by atoms with van der Waals surface area (Å²) in [4.78, 5) is 7.34. The molecule has 1 aromatic heterocycles. The van der Waals surface area contributed by atoms with Gasteiger partial charge in [-0.15, -0.1) is 0 Å². The predicted octanol–water partition coefficient (Wildman–Crippen LogP) is 3.04. The lowest BCUT2D eigenvalue weighted by atomic mass is 10.0. The molecule has 1 aromatic carbocycles. The molecule has 2 rings (SSSR count). The Hall–Kier alpha value is -1.61. The summed E-state index contributed by atoms with van der Waals surface area (Å²) in [6.07, 6.45) is 5.96. The van der Waals surface area contributed by atoms with E-state index in [2.05, 4.69) is 52.5 Å². The zero-order valence-corrected chi connectivity index (χ0v) is 10.2. The molecular weight excluding hydrogens is 210 g/mol. The van der Waals surface area contributed by atoms with Gasteiger partial charge in [0.2, 0.25) is 0 Å². The molecule has 0 spiro atoms. The SMILES string of the molecule is CCCC(NCc1ncc[nH]1)c1ccccc1. The van der Waals surface area contributed by atoms with Gasteiger partial charge in [0, 0.05) is 18.4 Å². The van der Waals surface area contributed by atoms with Crippen LogP contribution >= 0.6 is 0 Å². The molecule has 3 nitrogen and oxygen atoms in total. The van der Waals surface area contributed by atoms with Gasteiger partial charge >= 0.3 is 0 Å². The zero-order valence-electron chi connectivity index (χ0n) is 10.2. The lowest BCUT2D eigenvalue weighted by Crippen LogP contribution is -2.21. The molecule has 0 saturated carbocycles. The van der Waals surface area contributed by atoms with Gasteiger partial charge in [0.05, 0.1) is 6.54 Å². The number of nitrogens with one attached hydrogen (secondary N) is 2. The summed E-state index contributed by atoms with van der Waals surface area (Å²) in [5, 5.41) is 3.55. The minimum absolute atomic E-state index is 0.409. The predicted molar refractivity (Wildman–Crippen MR) is 69.5 cm³/mol. The highest BCUT2D eigenvalue weighted by molar-refractivity contribution is 5.18. The molecule has 0 bridgehead atoms. The van der Waals surface area contributed by atoms with Gasteiger partial charge in [0.25, 0.3) is 0 Å². The van der Waals surface area contributed by atoms with Crippen molar-refractivity contribution in [3.63, 3.8) is 0 Å². The molecule has 2 N–H and O–H groups in total. The number of aromatic nitrogens is 2. The Morgan fingerprint density at radius 2 is 2.12 bits per heavy atom. The van der Waals surface area contributed by atoms with E-state index in [1.807, 2.05) is 6.20 Å². The molecular formula is C14H19N3. The summed E-state index contributed by atoms with van der Waals surface area (Å²) in [5.74, 6) is 0.988. The van der Waals surface area contributed by atoms with Crippen LogP contribution in [-0.4, -0.2) is 9.97 Å². The van der Waals surface area contributed by atoms with Gasteiger partial charge in [0.15, 0.2) is 0 Å². The van der Waals surface area contributed by atoms with Gasteiger partial charge in [-0.3, -0.25) is 0 Å². The molecule has 2 aromatic rings. The highest BCUT2D eigenvalue weighted by Crippen LogP contribution is 2.18. The number of hydrogen-bond acceptors (Lipinski definition) is 2. The second-order valence-electron chi connectivity index (χ2n) is 4.17. The molecule has 1 atom stereocenters. The number of benzene rings is 1. The van der Waals surface area contributed by atoms with Gasteiger partial charge in [-0.05, 0) is 12.0 Å². The molecule has 0 fully saturated rings. The molecule has 1 heterocycles. The smallest absolute Gasteiger partial charge is 0.120 e. The second kappa shape index (κ2) is 6.21. The Morgan fingerprint density at radius 1 is 1.29 bits per heavy atom. The monoisotopic (exact) mass is 229 g/mol. The van der Waals surface area contributed by atoms with Crippen LogP contribution in [0.4, 0.5) is 0 Å². The molecule has 0 aliphatic rings. The van der Waals surface area contributed by atoms with Crippen molar-refractivity contribution in [3.05, 3.63) is 54.1 Å². The number of imidazole rings is 1. The van der Waals surface area contributed by atoms with E-state index in [-0.39, 0.29) is 0 Å². The van der Waals surface area contributed by atoms with E-state index in [4.69, 9.17) is 0 Å². The van der Waals surface area contributed by atoms with Crippen molar-refractivity contribution in [2.24, 2.45) is 0 Å². The van der Waals surface area contributed by atoms with Crippen molar-refractivity contribution in [2.45, 2.75) is 32.4 Å². The van der Waals surface area contributed by atoms with E-state index in [1.165, 1.54) is 12.0 Å². The third kappa shape index (κ3) is 3.43. The van der Waals surface area contributed by atoms with Crippen LogP contribution in [0.2, 0.25) is 0 Å². The fraction of sp³-hybridized carbons (Fsp3) is 0.357. The van der Waals surface area contributed by atoms with Crippen molar-refractivity contribution >= 4 is 0 Å². The number of nitrogens with zero attached hydrogens (tertiary/aromatic N) is 1. The van der Waals surface area contributed by atoms with Crippen LogP contribution in [-0.2, 0) is 6.54 Å². The lowest BCUT2D eigenvalue weighted by Gasteiger charge is -2.17. The Labute approximate surface area is 102 Å². The van der Waals surface area contributed by atoms with E-state index < -0.39 is 0 Å². The van der Waals surface area contributed by atoms with Crippen LogP contribution in [0.15, 0.2) is 42.7 Å². The minimum atomic E-state index is 0.409. The fourth-order valence-electron chi connectivity index (χ4n) is 1.98. The van der Waals surface area contributed by atoms with E-state index >= 15 is 0 Å². The van der Waals surface area contributed by atoms with Gasteiger partial charge in [-0.25, -0.2) is 4.98 Å². The van der Waals surface area contributed by atoms with Crippen molar-refractivity contribution in [2.75, 3.05) is 0 Å². The van der Waals surface area contributed by atoms with Crippen LogP contribution in [0.25, 0.3) is 0 Å². The third-order valence-electron chi connectivity index (χ3n) is 2.85. The first-order valence-electron chi connectivity index (χ1n) is 6.16. The summed E-state index contributed by atoms with van der Waals surface area (Å²) >= 11 is 0. The molecule has 0 aliphatic heterocycles. The lowest BCUT2D eigenvalue weighted by molar-refractivity contribution is 0.486. The average Bonchev–Trinajstić information content (AvgIpc) is 2.88. The van der Waals surface area contributed by atoms with Crippen LogP contribution in [0, 0.1) is 0 Å². The quantitative estimate of drug-likeness (QED) is 0.799. The molecule has 0 aliphatic carbocycles. The van der Waals surface area contributed by atoms with Gasteiger partial charge in [-0.2, -0.15) is 0 Å². The maximum absolute atomic E-state index is 4.22. The summed E-state index contributed by atoms with van der Waals surface area (Å²) in [5.41, 5.74) is 1.35. The Bertz CT molecular complexity index is 408. The molecule has 0 amide bonds. The van der Waals surface area contributed by atoms with Crippen molar-refractivity contribution < 1.29 is 0 Å². The molecule has 0 saturated heterocycles. The number of aromatic amines is 1. The number of rotatable bonds is 6. The Kier molecular flexibility index (Phi) is 4.33. The maximum atomic E-state index is 4.22. The molecule has 0 radical (unpaired) electrons. The minimum Gasteiger partial charge on any atom is -0.348 e.